The van der Waals surface area contributed by atoms with Gasteiger partial charge in [-0.1, -0.05) is 11.8 Å². The summed E-state index contributed by atoms with van der Waals surface area (Å²) in [6.45, 7) is 1.66. The quantitative estimate of drug-likeness (QED) is 0.184. The van der Waals surface area contributed by atoms with Gasteiger partial charge in [0.2, 0.25) is 0 Å². The molecule has 0 unspecified atom stereocenters. The Morgan fingerprint density at radius 1 is 1.29 bits per heavy atom. The van der Waals surface area contributed by atoms with Crippen molar-refractivity contribution in [3.63, 3.8) is 0 Å². The van der Waals surface area contributed by atoms with Gasteiger partial charge in [0.15, 0.2) is 5.16 Å². The van der Waals surface area contributed by atoms with Crippen LogP contribution in [0.25, 0.3) is 0 Å². The third-order valence-corrected chi connectivity index (χ3v) is 7.41. The highest BCUT2D eigenvalue weighted by Crippen LogP contribution is 2.30. The number of amides is 1. The summed E-state index contributed by atoms with van der Waals surface area (Å²) in [5, 5.41) is 6.32. The maximum Gasteiger partial charge on any atom is 0.280 e. The van der Waals surface area contributed by atoms with Gasteiger partial charge in [0, 0.05) is 27.3 Å². The van der Waals surface area contributed by atoms with Crippen LogP contribution in [0, 0.1) is 6.92 Å². The first-order valence-corrected chi connectivity index (χ1v) is 12.7. The topological polar surface area (TPSA) is 76.5 Å². The zero-order valence-corrected chi connectivity index (χ0v) is 20.4. The largest absolute Gasteiger partial charge is 0.496 e. The number of hydrazone groups is 1. The van der Waals surface area contributed by atoms with Crippen molar-refractivity contribution in [1.82, 2.24) is 15.4 Å². The molecule has 0 saturated heterocycles. The molecule has 1 aromatic carbocycles. The minimum Gasteiger partial charge on any atom is -0.496 e. The van der Waals surface area contributed by atoms with Gasteiger partial charge in [0.05, 0.1) is 18.9 Å². The van der Waals surface area contributed by atoms with Crippen LogP contribution in [-0.4, -0.2) is 29.2 Å². The zero-order chi connectivity index (χ0) is 24.1. The van der Waals surface area contributed by atoms with Crippen LogP contribution < -0.4 is 10.2 Å². The van der Waals surface area contributed by atoms with Crippen molar-refractivity contribution in [3.8, 4) is 5.75 Å². The van der Waals surface area contributed by atoms with Gasteiger partial charge in [-0.25, -0.2) is 24.2 Å². The number of aromatic nitrogens is 2. The van der Waals surface area contributed by atoms with Gasteiger partial charge in [0.25, 0.3) is 12.3 Å². The van der Waals surface area contributed by atoms with E-state index in [1.165, 1.54) is 29.1 Å². The number of ether oxygens (including phenoxy) is 1. The summed E-state index contributed by atoms with van der Waals surface area (Å²) in [4.78, 5) is 22.1. The highest BCUT2D eigenvalue weighted by atomic mass is 32.2. The molecule has 0 fully saturated rings. The van der Waals surface area contributed by atoms with Gasteiger partial charge in [-0.15, -0.1) is 11.3 Å². The van der Waals surface area contributed by atoms with Gasteiger partial charge >= 0.3 is 0 Å². The average molecular weight is 503 g/mol. The molecule has 6 nitrogen and oxygen atoms in total. The molecule has 0 saturated carbocycles. The average Bonchev–Trinajstić information content (AvgIpc) is 3.27. The number of thioether (sulfide) groups is 1. The lowest BCUT2D eigenvalue weighted by molar-refractivity contribution is 0.0954. The molecule has 34 heavy (non-hydrogen) atoms. The molecule has 0 spiro atoms. The molecule has 1 amide bonds. The second-order valence-corrected chi connectivity index (χ2v) is 9.74. The predicted octanol–water partition coefficient (Wildman–Crippen LogP) is 5.73. The molecule has 1 N–H and O–H groups in total. The number of hydrogen-bond donors (Lipinski definition) is 1. The van der Waals surface area contributed by atoms with E-state index in [-0.39, 0.29) is 16.8 Å². The van der Waals surface area contributed by atoms with Crippen molar-refractivity contribution in [2.75, 3.05) is 7.11 Å². The van der Waals surface area contributed by atoms with Gasteiger partial charge < -0.3 is 4.74 Å². The molecule has 3 aromatic rings. The molecule has 1 aliphatic carbocycles. The number of thiophene rings is 1. The summed E-state index contributed by atoms with van der Waals surface area (Å²) < 4.78 is 31.5. The summed E-state index contributed by atoms with van der Waals surface area (Å²) in [5.74, 6) is 0.872. The molecule has 2 aromatic heterocycles. The molecule has 0 bridgehead atoms. The minimum atomic E-state index is -2.65. The maximum atomic E-state index is 13.0. The Bertz CT molecular complexity index is 1210. The fourth-order valence-corrected chi connectivity index (χ4v) is 5.80. The van der Waals surface area contributed by atoms with Crippen molar-refractivity contribution < 1.29 is 18.3 Å². The third-order valence-electron chi connectivity index (χ3n) is 5.42. The van der Waals surface area contributed by atoms with Crippen LogP contribution in [0.15, 0.2) is 39.9 Å². The first kappa shape index (κ1) is 24.3. The van der Waals surface area contributed by atoms with Crippen LogP contribution in [-0.2, 0) is 18.6 Å². The molecule has 4 rings (SSSR count). The fourth-order valence-electron chi connectivity index (χ4n) is 3.79. The summed E-state index contributed by atoms with van der Waals surface area (Å²) >= 11 is 2.89. The van der Waals surface area contributed by atoms with Crippen molar-refractivity contribution in [1.29, 1.82) is 0 Å². The molecule has 0 aliphatic heterocycles. The van der Waals surface area contributed by atoms with Crippen LogP contribution in [0.2, 0.25) is 0 Å². The second-order valence-electron chi connectivity index (χ2n) is 7.83. The number of nitrogens with one attached hydrogen (secondary N) is 1. The van der Waals surface area contributed by atoms with E-state index in [2.05, 4.69) is 20.5 Å². The van der Waals surface area contributed by atoms with E-state index in [1.807, 2.05) is 17.5 Å². The number of carbonyl (C=O) groups is 1. The number of fused-ring (bicyclic) bond motifs is 1. The van der Waals surface area contributed by atoms with Crippen LogP contribution in [0.5, 0.6) is 5.75 Å². The number of methoxy groups -OCH3 is 1. The minimum absolute atomic E-state index is 0.202. The van der Waals surface area contributed by atoms with Crippen molar-refractivity contribution in [2.24, 2.45) is 5.10 Å². The van der Waals surface area contributed by atoms with Gasteiger partial charge in [-0.05, 0) is 68.0 Å². The van der Waals surface area contributed by atoms with E-state index in [1.54, 1.807) is 37.7 Å². The SMILES string of the molecule is COc1ccc(/C=N\NC(=O)c2csc3c2CCCC3)cc1CSc1nc(C)cc(C(F)F)n1. The second kappa shape index (κ2) is 11.1. The Hall–Kier alpha value is -2.85. The molecular formula is C24H24F2N4O2S2. The molecule has 1 aliphatic rings. The lowest BCUT2D eigenvalue weighted by Crippen LogP contribution is -2.19. The first-order chi connectivity index (χ1) is 16.4. The summed E-state index contributed by atoms with van der Waals surface area (Å²) in [6, 6.07) is 6.79. The van der Waals surface area contributed by atoms with Crippen molar-refractivity contribution in [2.45, 2.75) is 49.9 Å². The monoisotopic (exact) mass is 502 g/mol. The number of alkyl halides is 2. The van der Waals surface area contributed by atoms with Gasteiger partial charge in [-0.2, -0.15) is 5.10 Å². The number of nitrogens with zero attached hydrogens (tertiary/aromatic N) is 3. The van der Waals surface area contributed by atoms with E-state index >= 15 is 0 Å². The van der Waals surface area contributed by atoms with Crippen LogP contribution in [0.3, 0.4) is 0 Å². The Morgan fingerprint density at radius 2 is 2.12 bits per heavy atom. The van der Waals surface area contributed by atoms with E-state index < -0.39 is 6.43 Å². The van der Waals surface area contributed by atoms with Crippen molar-refractivity contribution in [3.05, 3.63) is 68.2 Å². The maximum absolute atomic E-state index is 13.0. The normalized spacial score (nSPS) is 13.3. The van der Waals surface area contributed by atoms with Crippen molar-refractivity contribution >= 4 is 35.2 Å². The molecule has 2 heterocycles. The highest BCUT2D eigenvalue weighted by Gasteiger charge is 2.19. The molecular weight excluding hydrogens is 478 g/mol. The number of halogens is 2. The van der Waals surface area contributed by atoms with Gasteiger partial charge in [-0.3, -0.25) is 4.79 Å². The summed E-state index contributed by atoms with van der Waals surface area (Å²) in [6.07, 6.45) is 3.19. The van der Waals surface area contributed by atoms with E-state index in [4.69, 9.17) is 4.74 Å². The molecule has 0 radical (unpaired) electrons. The van der Waals surface area contributed by atoms with Crippen LogP contribution in [0.4, 0.5) is 8.78 Å². The smallest absolute Gasteiger partial charge is 0.280 e. The van der Waals surface area contributed by atoms with Crippen LogP contribution in [0.1, 0.15) is 62.6 Å². The third kappa shape index (κ3) is 5.79. The lowest BCUT2D eigenvalue weighted by Gasteiger charge is -2.11. The van der Waals surface area contributed by atoms with Crippen LogP contribution >= 0.6 is 23.1 Å². The van der Waals surface area contributed by atoms with E-state index in [0.29, 0.717) is 22.8 Å². The number of benzene rings is 1. The first-order valence-electron chi connectivity index (χ1n) is 10.8. The highest BCUT2D eigenvalue weighted by molar-refractivity contribution is 7.98. The van der Waals surface area contributed by atoms with E-state index in [9.17, 15) is 13.6 Å². The Labute approximate surface area is 204 Å². The Kier molecular flexibility index (Phi) is 7.89. The van der Waals surface area contributed by atoms with Gasteiger partial charge in [0.1, 0.15) is 11.4 Å². The zero-order valence-electron chi connectivity index (χ0n) is 18.8. The number of rotatable bonds is 8. The molecule has 10 heteroatoms. The predicted molar refractivity (Wildman–Crippen MR) is 130 cm³/mol. The molecule has 178 valence electrons. The lowest BCUT2D eigenvalue weighted by atomic mass is 9.96. The Balaban J connectivity index is 1.43. The number of carbonyl (C=O) groups excluding carboxylic acids is 1. The molecule has 0 atom stereocenters. The summed E-state index contributed by atoms with van der Waals surface area (Å²) in [5.41, 5.74) is 6.29. The number of hydrogen-bond acceptors (Lipinski definition) is 7. The fraction of sp³-hybridized carbons (Fsp3) is 0.333. The summed E-state index contributed by atoms with van der Waals surface area (Å²) in [7, 11) is 1.57. The standard InChI is InChI=1S/C24H24F2N4O2S2/c1-14-9-19(22(25)26)29-24(28-14)34-12-16-10-15(7-8-20(16)32-2)11-27-30-23(31)18-13-33-21-6-4-3-5-17(18)21/h7-11,13,22H,3-6,12H2,1-2H3,(H,30,31)/b27-11-. The van der Waals surface area contributed by atoms with E-state index in [0.717, 1.165) is 36.0 Å². The Morgan fingerprint density at radius 3 is 2.91 bits per heavy atom. The number of aryl methyl sites for hydroxylation is 2.